The van der Waals surface area contributed by atoms with Gasteiger partial charge >= 0.3 is 5.97 Å². The van der Waals surface area contributed by atoms with E-state index in [2.05, 4.69) is 0 Å². The fourth-order valence-electron chi connectivity index (χ4n) is 2.63. The van der Waals surface area contributed by atoms with E-state index in [0.717, 1.165) is 5.69 Å². The van der Waals surface area contributed by atoms with Crippen molar-refractivity contribution < 1.29 is 14.5 Å². The summed E-state index contributed by atoms with van der Waals surface area (Å²) in [7, 11) is 1.38. The first kappa shape index (κ1) is 14.3. The largest absolute Gasteiger partial charge is 0.469 e. The van der Waals surface area contributed by atoms with Gasteiger partial charge in [0.25, 0.3) is 5.69 Å². The Hall–Kier alpha value is -2.11. The van der Waals surface area contributed by atoms with Crippen LogP contribution >= 0.6 is 0 Å². The van der Waals surface area contributed by atoms with Crippen LogP contribution in [0, 0.1) is 28.9 Å². The highest BCUT2D eigenvalue weighted by atomic mass is 16.6. The molecule has 2 unspecified atom stereocenters. The molecule has 0 aromatic heterocycles. The SMILES string of the molecule is COC(=O)C1CN(c2ccc(C)c([N+](=O)[O-])c2)CC1C. The van der Waals surface area contributed by atoms with Crippen molar-refractivity contribution in [2.24, 2.45) is 11.8 Å². The molecule has 6 nitrogen and oxygen atoms in total. The van der Waals surface area contributed by atoms with Crippen LogP contribution < -0.4 is 4.90 Å². The van der Waals surface area contributed by atoms with Crippen LogP contribution in [0.25, 0.3) is 0 Å². The molecule has 2 rings (SSSR count). The van der Waals surface area contributed by atoms with E-state index in [1.54, 1.807) is 19.1 Å². The number of carbonyl (C=O) groups is 1. The van der Waals surface area contributed by atoms with Crippen LogP contribution in [0.3, 0.4) is 0 Å². The molecule has 0 saturated carbocycles. The Kier molecular flexibility index (Phi) is 3.92. The molecule has 1 saturated heterocycles. The summed E-state index contributed by atoms with van der Waals surface area (Å²) < 4.78 is 4.80. The summed E-state index contributed by atoms with van der Waals surface area (Å²) in [5.74, 6) is -0.232. The van der Waals surface area contributed by atoms with Gasteiger partial charge in [0, 0.05) is 30.4 Å². The maximum Gasteiger partial charge on any atom is 0.310 e. The molecule has 1 aliphatic heterocycles. The molecule has 108 valence electrons. The lowest BCUT2D eigenvalue weighted by Crippen LogP contribution is -2.24. The highest BCUT2D eigenvalue weighted by molar-refractivity contribution is 5.74. The summed E-state index contributed by atoms with van der Waals surface area (Å²) in [6, 6.07) is 5.17. The number of anilines is 1. The molecule has 1 aromatic carbocycles. The number of methoxy groups -OCH3 is 1. The van der Waals surface area contributed by atoms with E-state index >= 15 is 0 Å². The van der Waals surface area contributed by atoms with E-state index in [1.807, 2.05) is 17.9 Å². The van der Waals surface area contributed by atoms with Crippen LogP contribution in [0.15, 0.2) is 18.2 Å². The number of aryl methyl sites for hydroxylation is 1. The first-order valence-corrected chi connectivity index (χ1v) is 6.52. The predicted octanol–water partition coefficient (Wildman–Crippen LogP) is 2.15. The topological polar surface area (TPSA) is 72.7 Å². The third-order valence-corrected chi connectivity index (χ3v) is 3.87. The molecule has 0 amide bonds. The number of benzene rings is 1. The summed E-state index contributed by atoms with van der Waals surface area (Å²) in [6.07, 6.45) is 0. The Bertz CT molecular complexity index is 544. The van der Waals surface area contributed by atoms with Crippen molar-refractivity contribution in [2.45, 2.75) is 13.8 Å². The summed E-state index contributed by atoms with van der Waals surface area (Å²) >= 11 is 0. The van der Waals surface area contributed by atoms with Gasteiger partial charge in [0.1, 0.15) is 0 Å². The van der Waals surface area contributed by atoms with Gasteiger partial charge < -0.3 is 9.64 Å². The van der Waals surface area contributed by atoms with Gasteiger partial charge in [-0.1, -0.05) is 13.0 Å². The van der Waals surface area contributed by atoms with E-state index in [9.17, 15) is 14.9 Å². The Morgan fingerprint density at radius 2 is 2.15 bits per heavy atom. The highest BCUT2D eigenvalue weighted by Gasteiger charge is 2.36. The van der Waals surface area contributed by atoms with Crippen LogP contribution in [-0.2, 0) is 9.53 Å². The first-order chi connectivity index (χ1) is 9.43. The molecular formula is C14H18N2O4. The Morgan fingerprint density at radius 3 is 2.75 bits per heavy atom. The molecule has 1 aliphatic rings. The standard InChI is InChI=1S/C14H18N2O4/c1-9-4-5-11(6-13(9)16(18)19)15-7-10(2)12(8-15)14(17)20-3/h4-6,10,12H,7-8H2,1-3H3. The van der Waals surface area contributed by atoms with Gasteiger partial charge in [0.2, 0.25) is 0 Å². The molecule has 1 aromatic rings. The number of nitro benzene ring substituents is 1. The smallest absolute Gasteiger partial charge is 0.310 e. The van der Waals surface area contributed by atoms with Crippen molar-refractivity contribution >= 4 is 17.3 Å². The first-order valence-electron chi connectivity index (χ1n) is 6.52. The average molecular weight is 278 g/mol. The van der Waals surface area contributed by atoms with Crippen molar-refractivity contribution in [1.82, 2.24) is 0 Å². The minimum Gasteiger partial charge on any atom is -0.469 e. The van der Waals surface area contributed by atoms with Gasteiger partial charge in [-0.2, -0.15) is 0 Å². The molecule has 1 heterocycles. The van der Waals surface area contributed by atoms with E-state index < -0.39 is 0 Å². The van der Waals surface area contributed by atoms with Crippen LogP contribution in [0.5, 0.6) is 0 Å². The van der Waals surface area contributed by atoms with Gasteiger partial charge in [-0.25, -0.2) is 0 Å². The van der Waals surface area contributed by atoms with E-state index in [1.165, 1.54) is 7.11 Å². The van der Waals surface area contributed by atoms with Crippen molar-refractivity contribution in [3.63, 3.8) is 0 Å². The van der Waals surface area contributed by atoms with Gasteiger partial charge in [-0.15, -0.1) is 0 Å². The van der Waals surface area contributed by atoms with Gasteiger partial charge in [-0.05, 0) is 18.9 Å². The van der Waals surface area contributed by atoms with E-state index in [0.29, 0.717) is 18.7 Å². The summed E-state index contributed by atoms with van der Waals surface area (Å²) in [4.78, 5) is 24.3. The molecule has 1 fully saturated rings. The molecule has 6 heteroatoms. The molecular weight excluding hydrogens is 260 g/mol. The zero-order chi connectivity index (χ0) is 14.9. The van der Waals surface area contributed by atoms with E-state index in [4.69, 9.17) is 4.74 Å². The fraction of sp³-hybridized carbons (Fsp3) is 0.500. The van der Waals surface area contributed by atoms with E-state index in [-0.39, 0.29) is 28.4 Å². The molecule has 2 atom stereocenters. The highest BCUT2D eigenvalue weighted by Crippen LogP contribution is 2.31. The monoisotopic (exact) mass is 278 g/mol. The minimum absolute atomic E-state index is 0.108. The Labute approximate surface area is 117 Å². The predicted molar refractivity (Wildman–Crippen MR) is 74.7 cm³/mol. The number of nitro groups is 1. The third kappa shape index (κ3) is 2.59. The minimum atomic E-state index is -0.379. The number of esters is 1. The molecule has 0 spiro atoms. The lowest BCUT2D eigenvalue weighted by molar-refractivity contribution is -0.385. The number of hydrogen-bond acceptors (Lipinski definition) is 5. The number of nitrogens with zero attached hydrogens (tertiary/aromatic N) is 2. The Balaban J connectivity index is 2.24. The quantitative estimate of drug-likeness (QED) is 0.481. The van der Waals surface area contributed by atoms with Crippen molar-refractivity contribution in [2.75, 3.05) is 25.1 Å². The van der Waals surface area contributed by atoms with Crippen LogP contribution in [-0.4, -0.2) is 31.1 Å². The third-order valence-electron chi connectivity index (χ3n) is 3.87. The van der Waals surface area contributed by atoms with Crippen molar-refractivity contribution in [3.05, 3.63) is 33.9 Å². The fourth-order valence-corrected chi connectivity index (χ4v) is 2.63. The number of rotatable bonds is 3. The Morgan fingerprint density at radius 1 is 1.45 bits per heavy atom. The lowest BCUT2D eigenvalue weighted by Gasteiger charge is -2.18. The second-order valence-corrected chi connectivity index (χ2v) is 5.24. The lowest BCUT2D eigenvalue weighted by atomic mass is 9.99. The number of hydrogen-bond donors (Lipinski definition) is 0. The van der Waals surface area contributed by atoms with Gasteiger partial charge in [-0.3, -0.25) is 14.9 Å². The number of carbonyl (C=O) groups excluding carboxylic acids is 1. The van der Waals surface area contributed by atoms with Crippen LogP contribution in [0.2, 0.25) is 0 Å². The molecule has 0 N–H and O–H groups in total. The maximum absolute atomic E-state index is 11.7. The maximum atomic E-state index is 11.7. The van der Waals surface area contributed by atoms with Gasteiger partial charge in [0.15, 0.2) is 0 Å². The van der Waals surface area contributed by atoms with Crippen molar-refractivity contribution in [3.8, 4) is 0 Å². The molecule has 0 aliphatic carbocycles. The molecule has 0 bridgehead atoms. The molecule has 0 radical (unpaired) electrons. The zero-order valence-corrected chi connectivity index (χ0v) is 11.8. The van der Waals surface area contributed by atoms with Crippen LogP contribution in [0.1, 0.15) is 12.5 Å². The second kappa shape index (κ2) is 5.48. The van der Waals surface area contributed by atoms with Gasteiger partial charge in [0.05, 0.1) is 18.0 Å². The number of ether oxygens (including phenoxy) is 1. The summed E-state index contributed by atoms with van der Waals surface area (Å²) in [5.41, 5.74) is 1.52. The molecule has 20 heavy (non-hydrogen) atoms. The van der Waals surface area contributed by atoms with Crippen molar-refractivity contribution in [1.29, 1.82) is 0 Å². The second-order valence-electron chi connectivity index (χ2n) is 5.24. The zero-order valence-electron chi connectivity index (χ0n) is 11.8. The van der Waals surface area contributed by atoms with Crippen LogP contribution in [0.4, 0.5) is 11.4 Å². The summed E-state index contributed by atoms with van der Waals surface area (Å²) in [6.45, 7) is 4.93. The summed E-state index contributed by atoms with van der Waals surface area (Å²) in [5, 5.41) is 11.0. The normalized spacial score (nSPS) is 21.9. The average Bonchev–Trinajstić information content (AvgIpc) is 2.80.